The highest BCUT2D eigenvalue weighted by atomic mass is 16.4. The van der Waals surface area contributed by atoms with E-state index >= 15 is 0 Å². The summed E-state index contributed by atoms with van der Waals surface area (Å²) in [6.07, 6.45) is 0. The van der Waals surface area contributed by atoms with Gasteiger partial charge in [0.05, 0.1) is 16.7 Å². The van der Waals surface area contributed by atoms with E-state index in [9.17, 15) is 4.79 Å². The molecule has 4 aromatic rings. The molecule has 0 bridgehead atoms. The van der Waals surface area contributed by atoms with Gasteiger partial charge in [-0.05, 0) is 31.2 Å². The summed E-state index contributed by atoms with van der Waals surface area (Å²) in [7, 11) is 0. The number of aromatic amines is 1. The minimum absolute atomic E-state index is 0.175. The van der Waals surface area contributed by atoms with E-state index in [1.165, 1.54) is 0 Å². The van der Waals surface area contributed by atoms with Crippen LogP contribution in [-0.4, -0.2) is 20.9 Å². The van der Waals surface area contributed by atoms with Crippen LogP contribution in [0.3, 0.4) is 0 Å². The van der Waals surface area contributed by atoms with Gasteiger partial charge in [0.25, 0.3) is 5.91 Å². The average molecular weight is 318 g/mol. The molecular weight excluding hydrogens is 304 g/mol. The lowest BCUT2D eigenvalue weighted by Crippen LogP contribution is -2.13. The van der Waals surface area contributed by atoms with E-state index in [0.29, 0.717) is 17.5 Å². The van der Waals surface area contributed by atoms with Gasteiger partial charge in [0.1, 0.15) is 0 Å². The van der Waals surface area contributed by atoms with Gasteiger partial charge >= 0.3 is 0 Å². The van der Waals surface area contributed by atoms with Crippen LogP contribution in [0.25, 0.3) is 22.5 Å². The number of fused-ring (bicyclic) bond motifs is 1. The molecule has 0 aliphatic heterocycles. The van der Waals surface area contributed by atoms with Gasteiger partial charge in [-0.3, -0.25) is 10.1 Å². The van der Waals surface area contributed by atoms with Crippen molar-refractivity contribution in [2.24, 2.45) is 0 Å². The zero-order valence-electron chi connectivity index (χ0n) is 12.9. The van der Waals surface area contributed by atoms with Crippen LogP contribution in [0.2, 0.25) is 0 Å². The van der Waals surface area contributed by atoms with Crippen molar-refractivity contribution in [2.45, 2.75) is 6.92 Å². The number of hydrogen-bond acceptors (Lipinski definition) is 4. The standard InChI is InChI=1S/C18H14N4O2/c1-11-15(24-17(19-11)12-7-3-2-4-8-12)16(23)22-18-20-13-9-5-6-10-14(13)21-18/h2-10H,1H3,(H2,20,21,22,23). The number of aryl methyl sites for hydroxylation is 1. The number of aromatic nitrogens is 3. The Labute approximate surface area is 137 Å². The lowest BCUT2D eigenvalue weighted by atomic mass is 10.2. The summed E-state index contributed by atoms with van der Waals surface area (Å²) in [5.41, 5.74) is 2.99. The Hall–Kier alpha value is -3.41. The molecule has 4 rings (SSSR count). The number of benzene rings is 2. The smallest absolute Gasteiger partial charge is 0.295 e. The number of amides is 1. The number of H-pyrrole nitrogens is 1. The average Bonchev–Trinajstić information content (AvgIpc) is 3.18. The third-order valence-corrected chi connectivity index (χ3v) is 3.64. The maximum Gasteiger partial charge on any atom is 0.295 e. The van der Waals surface area contributed by atoms with Gasteiger partial charge in [-0.15, -0.1) is 0 Å². The highest BCUT2D eigenvalue weighted by molar-refractivity contribution is 6.02. The lowest BCUT2D eigenvalue weighted by Gasteiger charge is -1.98. The summed E-state index contributed by atoms with van der Waals surface area (Å²) in [4.78, 5) is 24.2. The second-order valence-corrected chi connectivity index (χ2v) is 5.36. The van der Waals surface area contributed by atoms with Crippen molar-refractivity contribution in [1.29, 1.82) is 0 Å². The Kier molecular flexibility index (Phi) is 3.35. The number of para-hydroxylation sites is 2. The first-order valence-corrected chi connectivity index (χ1v) is 7.49. The van der Waals surface area contributed by atoms with Crippen LogP contribution in [-0.2, 0) is 0 Å². The maximum absolute atomic E-state index is 12.5. The van der Waals surface area contributed by atoms with Crippen molar-refractivity contribution in [3.8, 4) is 11.5 Å². The Morgan fingerprint density at radius 1 is 1.04 bits per heavy atom. The fourth-order valence-corrected chi connectivity index (χ4v) is 2.49. The number of nitrogens with one attached hydrogen (secondary N) is 2. The molecule has 0 spiro atoms. The molecule has 0 aliphatic rings. The Morgan fingerprint density at radius 3 is 2.58 bits per heavy atom. The van der Waals surface area contributed by atoms with E-state index in [0.717, 1.165) is 16.6 Å². The molecule has 24 heavy (non-hydrogen) atoms. The van der Waals surface area contributed by atoms with Gasteiger partial charge in [0.2, 0.25) is 17.6 Å². The monoisotopic (exact) mass is 318 g/mol. The topological polar surface area (TPSA) is 83.8 Å². The Morgan fingerprint density at radius 2 is 1.79 bits per heavy atom. The number of rotatable bonds is 3. The second kappa shape index (κ2) is 5.66. The van der Waals surface area contributed by atoms with E-state index in [-0.39, 0.29) is 11.7 Å². The van der Waals surface area contributed by atoms with E-state index in [2.05, 4.69) is 20.3 Å². The number of carbonyl (C=O) groups is 1. The number of hydrogen-bond donors (Lipinski definition) is 2. The molecule has 0 fully saturated rings. The first kappa shape index (κ1) is 14.2. The van der Waals surface area contributed by atoms with Crippen LogP contribution in [0.4, 0.5) is 5.95 Å². The molecule has 1 amide bonds. The molecule has 0 aliphatic carbocycles. The van der Waals surface area contributed by atoms with Crippen molar-refractivity contribution in [3.63, 3.8) is 0 Å². The van der Waals surface area contributed by atoms with Crippen molar-refractivity contribution in [3.05, 3.63) is 66.1 Å². The van der Waals surface area contributed by atoms with E-state index in [1.54, 1.807) is 6.92 Å². The predicted molar refractivity (Wildman–Crippen MR) is 90.7 cm³/mol. The summed E-state index contributed by atoms with van der Waals surface area (Å²) < 4.78 is 5.64. The molecule has 0 unspecified atom stereocenters. The minimum Gasteiger partial charge on any atom is -0.431 e. The molecule has 0 saturated carbocycles. The van der Waals surface area contributed by atoms with Crippen molar-refractivity contribution >= 4 is 22.9 Å². The van der Waals surface area contributed by atoms with Gasteiger partial charge in [-0.2, -0.15) is 0 Å². The predicted octanol–water partition coefficient (Wildman–Crippen LogP) is 3.78. The minimum atomic E-state index is -0.388. The molecule has 6 nitrogen and oxygen atoms in total. The molecule has 2 heterocycles. The third kappa shape index (κ3) is 2.54. The van der Waals surface area contributed by atoms with E-state index < -0.39 is 0 Å². The lowest BCUT2D eigenvalue weighted by molar-refractivity contribution is 0.0996. The van der Waals surface area contributed by atoms with Gasteiger partial charge in [0, 0.05) is 5.56 Å². The molecule has 2 aromatic carbocycles. The van der Waals surface area contributed by atoms with Crippen LogP contribution in [0, 0.1) is 6.92 Å². The number of nitrogens with zero attached hydrogens (tertiary/aromatic N) is 2. The summed E-state index contributed by atoms with van der Waals surface area (Å²) in [6, 6.07) is 17.0. The number of imidazole rings is 1. The Bertz CT molecular complexity index is 985. The van der Waals surface area contributed by atoms with Crippen molar-refractivity contribution < 1.29 is 9.21 Å². The third-order valence-electron chi connectivity index (χ3n) is 3.64. The molecule has 2 N–H and O–H groups in total. The fraction of sp³-hybridized carbons (Fsp3) is 0.0556. The van der Waals surface area contributed by atoms with Crippen LogP contribution >= 0.6 is 0 Å². The molecule has 6 heteroatoms. The number of oxazole rings is 1. The van der Waals surface area contributed by atoms with Gasteiger partial charge in [-0.25, -0.2) is 9.97 Å². The van der Waals surface area contributed by atoms with Crippen LogP contribution in [0.5, 0.6) is 0 Å². The van der Waals surface area contributed by atoms with Crippen LogP contribution < -0.4 is 5.32 Å². The molecule has 2 aromatic heterocycles. The fourth-order valence-electron chi connectivity index (χ4n) is 2.49. The quantitative estimate of drug-likeness (QED) is 0.602. The SMILES string of the molecule is Cc1nc(-c2ccccc2)oc1C(=O)Nc1nc2ccccc2[nH]1. The second-order valence-electron chi connectivity index (χ2n) is 5.36. The van der Waals surface area contributed by atoms with Crippen LogP contribution in [0.1, 0.15) is 16.2 Å². The summed E-state index contributed by atoms with van der Waals surface area (Å²) in [5.74, 6) is 0.580. The maximum atomic E-state index is 12.5. The first-order valence-electron chi connectivity index (χ1n) is 7.49. The summed E-state index contributed by atoms with van der Waals surface area (Å²) in [6.45, 7) is 1.74. The zero-order valence-corrected chi connectivity index (χ0v) is 12.9. The molecule has 118 valence electrons. The van der Waals surface area contributed by atoms with E-state index in [1.807, 2.05) is 54.6 Å². The van der Waals surface area contributed by atoms with Gasteiger partial charge < -0.3 is 9.40 Å². The van der Waals surface area contributed by atoms with Gasteiger partial charge in [0.15, 0.2) is 0 Å². The molecule has 0 saturated heterocycles. The summed E-state index contributed by atoms with van der Waals surface area (Å²) in [5, 5.41) is 2.71. The summed E-state index contributed by atoms with van der Waals surface area (Å²) >= 11 is 0. The molecule has 0 atom stereocenters. The largest absolute Gasteiger partial charge is 0.431 e. The highest BCUT2D eigenvalue weighted by Gasteiger charge is 2.19. The molecular formula is C18H14N4O2. The number of carbonyl (C=O) groups excluding carboxylic acids is 1. The normalized spacial score (nSPS) is 10.9. The van der Waals surface area contributed by atoms with Crippen LogP contribution in [0.15, 0.2) is 59.0 Å². The number of anilines is 1. The van der Waals surface area contributed by atoms with Crippen molar-refractivity contribution in [2.75, 3.05) is 5.32 Å². The zero-order chi connectivity index (χ0) is 16.5. The van der Waals surface area contributed by atoms with E-state index in [4.69, 9.17) is 4.42 Å². The first-order chi connectivity index (χ1) is 11.7. The van der Waals surface area contributed by atoms with Crippen molar-refractivity contribution in [1.82, 2.24) is 15.0 Å². The highest BCUT2D eigenvalue weighted by Crippen LogP contribution is 2.22. The van der Waals surface area contributed by atoms with Gasteiger partial charge in [-0.1, -0.05) is 30.3 Å². The molecule has 0 radical (unpaired) electrons. The Balaban J connectivity index is 1.61.